The zero-order chi connectivity index (χ0) is 17.5. The van der Waals surface area contributed by atoms with E-state index in [4.69, 9.17) is 10.5 Å². The first-order valence-corrected chi connectivity index (χ1v) is 8.31. The Morgan fingerprint density at radius 1 is 1.39 bits per heavy atom. The second-order valence-corrected chi connectivity index (χ2v) is 6.46. The lowest BCUT2D eigenvalue weighted by Gasteiger charge is -2.34. The molecular weight excluding hydrogens is 296 g/mol. The van der Waals surface area contributed by atoms with E-state index in [1.165, 1.54) is 0 Å². The number of amides is 1. The standard InChI is InChI=1S/C16H30N4O3/c1-5-18-15(19-11-16(3,4)14(17)22)20-9-7-8-12(10-20)13(21)23-6-2/h12H,5-11H2,1-4H3,(H2,17,22)(H,18,19). The van der Waals surface area contributed by atoms with E-state index >= 15 is 0 Å². The molecule has 23 heavy (non-hydrogen) atoms. The number of primary amides is 1. The monoisotopic (exact) mass is 326 g/mol. The van der Waals surface area contributed by atoms with Gasteiger partial charge in [-0.1, -0.05) is 0 Å². The quantitative estimate of drug-likeness (QED) is 0.426. The number of carbonyl (C=O) groups is 2. The third-order valence-corrected chi connectivity index (χ3v) is 3.97. The Labute approximate surface area is 138 Å². The van der Waals surface area contributed by atoms with Gasteiger partial charge in [0.15, 0.2) is 5.96 Å². The molecule has 0 aromatic rings. The van der Waals surface area contributed by atoms with Crippen LogP contribution in [-0.4, -0.2) is 55.5 Å². The number of aliphatic imine (C=N–C) groups is 1. The zero-order valence-electron chi connectivity index (χ0n) is 14.7. The molecule has 0 radical (unpaired) electrons. The molecule has 1 saturated heterocycles. The van der Waals surface area contributed by atoms with Crippen LogP contribution < -0.4 is 11.1 Å². The summed E-state index contributed by atoms with van der Waals surface area (Å²) in [5, 5.41) is 3.23. The Morgan fingerprint density at radius 2 is 2.09 bits per heavy atom. The second kappa shape index (κ2) is 8.74. The lowest BCUT2D eigenvalue weighted by Crippen LogP contribution is -2.49. The molecule has 0 aliphatic carbocycles. The van der Waals surface area contributed by atoms with Crippen molar-refractivity contribution in [2.24, 2.45) is 22.1 Å². The van der Waals surface area contributed by atoms with Crippen molar-refractivity contribution < 1.29 is 14.3 Å². The SMILES string of the molecule is CCNC(=NCC(C)(C)C(N)=O)N1CCCC(C(=O)OCC)C1. The van der Waals surface area contributed by atoms with Gasteiger partial charge < -0.3 is 20.7 Å². The van der Waals surface area contributed by atoms with Gasteiger partial charge in [0.1, 0.15) is 0 Å². The van der Waals surface area contributed by atoms with E-state index in [-0.39, 0.29) is 17.8 Å². The number of hydrogen-bond acceptors (Lipinski definition) is 4. The van der Waals surface area contributed by atoms with Crippen molar-refractivity contribution in [3.63, 3.8) is 0 Å². The van der Waals surface area contributed by atoms with E-state index in [9.17, 15) is 9.59 Å². The fourth-order valence-electron chi connectivity index (χ4n) is 2.40. The molecule has 7 nitrogen and oxygen atoms in total. The van der Waals surface area contributed by atoms with Gasteiger partial charge in [0, 0.05) is 19.6 Å². The Morgan fingerprint density at radius 3 is 2.65 bits per heavy atom. The molecule has 1 unspecified atom stereocenters. The number of nitrogens with two attached hydrogens (primary N) is 1. The van der Waals surface area contributed by atoms with Gasteiger partial charge in [-0.3, -0.25) is 14.6 Å². The van der Waals surface area contributed by atoms with Crippen LogP contribution in [0.1, 0.15) is 40.5 Å². The molecule has 0 aromatic heterocycles. The number of rotatable bonds is 6. The summed E-state index contributed by atoms with van der Waals surface area (Å²) in [5.74, 6) is 0.0678. The minimum Gasteiger partial charge on any atom is -0.466 e. The Kier molecular flexibility index (Phi) is 7.32. The predicted octanol–water partition coefficient (Wildman–Crippen LogP) is 0.739. The van der Waals surface area contributed by atoms with Crippen LogP contribution >= 0.6 is 0 Å². The Bertz CT molecular complexity index is 449. The molecule has 0 saturated carbocycles. The Balaban J connectivity index is 2.79. The first-order valence-electron chi connectivity index (χ1n) is 8.31. The van der Waals surface area contributed by atoms with Crippen molar-refractivity contribution in [3.05, 3.63) is 0 Å². The van der Waals surface area contributed by atoms with E-state index < -0.39 is 5.41 Å². The van der Waals surface area contributed by atoms with Gasteiger partial charge in [-0.25, -0.2) is 0 Å². The lowest BCUT2D eigenvalue weighted by atomic mass is 9.93. The number of hydrogen-bond donors (Lipinski definition) is 2. The van der Waals surface area contributed by atoms with Crippen LogP contribution in [0.2, 0.25) is 0 Å². The zero-order valence-corrected chi connectivity index (χ0v) is 14.7. The minimum atomic E-state index is -0.697. The highest BCUT2D eigenvalue weighted by atomic mass is 16.5. The molecule has 1 aliphatic heterocycles. The maximum absolute atomic E-state index is 12.0. The molecule has 0 spiro atoms. The van der Waals surface area contributed by atoms with E-state index in [1.807, 2.05) is 13.8 Å². The van der Waals surface area contributed by atoms with Gasteiger partial charge in [0.25, 0.3) is 0 Å². The number of guanidine groups is 1. The summed E-state index contributed by atoms with van der Waals surface area (Å²) >= 11 is 0. The van der Waals surface area contributed by atoms with Crippen molar-refractivity contribution >= 4 is 17.8 Å². The number of ether oxygens (including phenoxy) is 1. The number of esters is 1. The molecule has 1 aliphatic rings. The van der Waals surface area contributed by atoms with Crippen molar-refractivity contribution in [2.45, 2.75) is 40.5 Å². The Hall–Kier alpha value is -1.79. The third-order valence-electron chi connectivity index (χ3n) is 3.97. The number of nitrogens with one attached hydrogen (secondary N) is 1. The summed E-state index contributed by atoms with van der Waals surface area (Å²) in [6.45, 7) is 10.2. The van der Waals surface area contributed by atoms with Crippen LogP contribution in [0.25, 0.3) is 0 Å². The maximum atomic E-state index is 12.0. The smallest absolute Gasteiger partial charge is 0.310 e. The van der Waals surface area contributed by atoms with Crippen molar-refractivity contribution in [1.29, 1.82) is 0 Å². The van der Waals surface area contributed by atoms with Crippen LogP contribution in [0.15, 0.2) is 4.99 Å². The first kappa shape index (κ1) is 19.3. The average Bonchev–Trinajstić information content (AvgIpc) is 2.51. The highest BCUT2D eigenvalue weighted by Crippen LogP contribution is 2.19. The fraction of sp³-hybridized carbons (Fsp3) is 0.812. The van der Waals surface area contributed by atoms with Gasteiger partial charge in [-0.05, 0) is 40.5 Å². The average molecular weight is 326 g/mol. The maximum Gasteiger partial charge on any atom is 0.310 e. The molecule has 1 rings (SSSR count). The summed E-state index contributed by atoms with van der Waals surface area (Å²) in [4.78, 5) is 30.0. The van der Waals surface area contributed by atoms with Gasteiger partial charge in [0.05, 0.1) is 24.5 Å². The fourth-order valence-corrected chi connectivity index (χ4v) is 2.40. The topological polar surface area (TPSA) is 97.0 Å². The number of nitrogens with zero attached hydrogens (tertiary/aromatic N) is 2. The van der Waals surface area contributed by atoms with Gasteiger partial charge in [0.2, 0.25) is 5.91 Å². The van der Waals surface area contributed by atoms with Crippen LogP contribution in [0.5, 0.6) is 0 Å². The molecule has 1 amide bonds. The molecule has 1 heterocycles. The third kappa shape index (κ3) is 5.73. The highest BCUT2D eigenvalue weighted by Gasteiger charge is 2.29. The first-order chi connectivity index (χ1) is 10.8. The summed E-state index contributed by atoms with van der Waals surface area (Å²) < 4.78 is 5.13. The van der Waals surface area contributed by atoms with Crippen LogP contribution in [0.4, 0.5) is 0 Å². The van der Waals surface area contributed by atoms with E-state index in [1.54, 1.807) is 13.8 Å². The molecule has 1 atom stereocenters. The van der Waals surface area contributed by atoms with E-state index in [2.05, 4.69) is 15.2 Å². The van der Waals surface area contributed by atoms with Gasteiger partial charge >= 0.3 is 5.97 Å². The highest BCUT2D eigenvalue weighted by molar-refractivity contribution is 5.83. The molecular formula is C16H30N4O3. The molecule has 1 fully saturated rings. The van der Waals surface area contributed by atoms with Crippen molar-refractivity contribution in [1.82, 2.24) is 10.2 Å². The number of carbonyl (C=O) groups excluding carboxylic acids is 2. The minimum absolute atomic E-state index is 0.128. The van der Waals surface area contributed by atoms with E-state index in [0.29, 0.717) is 19.7 Å². The van der Waals surface area contributed by atoms with Crippen LogP contribution in [0.3, 0.4) is 0 Å². The lowest BCUT2D eigenvalue weighted by molar-refractivity contribution is -0.149. The van der Waals surface area contributed by atoms with Crippen LogP contribution in [-0.2, 0) is 14.3 Å². The molecule has 0 aromatic carbocycles. The van der Waals surface area contributed by atoms with Crippen molar-refractivity contribution in [3.8, 4) is 0 Å². The summed E-state index contributed by atoms with van der Waals surface area (Å²) in [6.07, 6.45) is 1.74. The summed E-state index contributed by atoms with van der Waals surface area (Å²) in [7, 11) is 0. The summed E-state index contributed by atoms with van der Waals surface area (Å²) in [5.41, 5.74) is 4.70. The molecule has 7 heteroatoms. The van der Waals surface area contributed by atoms with Gasteiger partial charge in [-0.2, -0.15) is 0 Å². The van der Waals surface area contributed by atoms with Crippen molar-refractivity contribution in [2.75, 3.05) is 32.8 Å². The largest absolute Gasteiger partial charge is 0.466 e. The predicted molar refractivity (Wildman–Crippen MR) is 89.9 cm³/mol. The van der Waals surface area contributed by atoms with E-state index in [0.717, 1.165) is 31.9 Å². The molecule has 3 N–H and O–H groups in total. The van der Waals surface area contributed by atoms with Crippen LogP contribution in [0, 0.1) is 11.3 Å². The molecule has 132 valence electrons. The summed E-state index contributed by atoms with van der Waals surface area (Å²) in [6, 6.07) is 0. The number of likely N-dealkylation sites (tertiary alicyclic amines) is 1. The molecule has 0 bridgehead atoms. The van der Waals surface area contributed by atoms with Gasteiger partial charge in [-0.15, -0.1) is 0 Å². The number of piperidine rings is 1. The normalized spacial score (nSPS) is 19.4. The second-order valence-electron chi connectivity index (χ2n) is 6.46.